The molecule has 0 bridgehead atoms. The van der Waals surface area contributed by atoms with E-state index >= 15 is 0 Å². The number of rotatable bonds is 6. The second kappa shape index (κ2) is 8.57. The molecule has 1 N–H and O–H groups in total. The molecule has 0 aromatic heterocycles. The third kappa shape index (κ3) is 4.49. The van der Waals surface area contributed by atoms with Gasteiger partial charge in [-0.3, -0.25) is 0 Å². The van der Waals surface area contributed by atoms with Crippen molar-refractivity contribution in [2.45, 2.75) is 76.2 Å². The van der Waals surface area contributed by atoms with Crippen molar-refractivity contribution >= 4 is 0 Å². The fourth-order valence-corrected chi connectivity index (χ4v) is 4.09. The molecule has 2 aliphatic rings. The Bertz CT molecular complexity index is 433. The molecule has 3 rings (SSSR count). The van der Waals surface area contributed by atoms with Crippen LogP contribution in [-0.4, -0.2) is 19.2 Å². The first-order valence-electron chi connectivity index (χ1n) is 9.38. The maximum Gasteiger partial charge on any atom is 0.122 e. The smallest absolute Gasteiger partial charge is 0.122 e. The van der Waals surface area contributed by atoms with Crippen molar-refractivity contribution in [3.63, 3.8) is 0 Å². The van der Waals surface area contributed by atoms with Crippen LogP contribution in [0.5, 0.6) is 5.75 Å². The van der Waals surface area contributed by atoms with Crippen molar-refractivity contribution in [1.29, 1.82) is 0 Å². The molecule has 0 amide bonds. The van der Waals surface area contributed by atoms with Crippen LogP contribution in [0.3, 0.4) is 0 Å². The van der Waals surface area contributed by atoms with E-state index in [0.717, 1.165) is 30.9 Å². The summed E-state index contributed by atoms with van der Waals surface area (Å²) in [5.74, 6) is 1.84. The van der Waals surface area contributed by atoms with Gasteiger partial charge in [-0.15, -0.1) is 0 Å². The third-order valence-electron chi connectivity index (χ3n) is 5.36. The molecule has 1 aromatic rings. The lowest BCUT2D eigenvalue weighted by molar-refractivity contribution is 0.284. The van der Waals surface area contributed by atoms with Crippen molar-refractivity contribution < 1.29 is 4.74 Å². The van der Waals surface area contributed by atoms with E-state index in [1.165, 1.54) is 69.8 Å². The molecular formula is C20H31NO. The summed E-state index contributed by atoms with van der Waals surface area (Å²) in [6, 6.07) is 9.43. The first kappa shape index (κ1) is 15.9. The van der Waals surface area contributed by atoms with Gasteiger partial charge in [0.25, 0.3) is 0 Å². The van der Waals surface area contributed by atoms with Crippen molar-refractivity contribution in [2.24, 2.45) is 0 Å². The van der Waals surface area contributed by atoms with E-state index in [1.54, 1.807) is 0 Å². The Morgan fingerprint density at radius 3 is 2.32 bits per heavy atom. The van der Waals surface area contributed by atoms with Gasteiger partial charge in [0.2, 0.25) is 0 Å². The monoisotopic (exact) mass is 301 g/mol. The van der Waals surface area contributed by atoms with Crippen LogP contribution < -0.4 is 10.1 Å². The summed E-state index contributed by atoms with van der Waals surface area (Å²) < 4.78 is 6.12. The number of nitrogens with one attached hydrogen (secondary N) is 1. The quantitative estimate of drug-likeness (QED) is 0.744. The average Bonchev–Trinajstić information content (AvgIpc) is 2.61. The molecule has 2 heteroatoms. The van der Waals surface area contributed by atoms with Crippen LogP contribution in [0.25, 0.3) is 0 Å². The van der Waals surface area contributed by atoms with Crippen LogP contribution >= 0.6 is 0 Å². The molecule has 2 nitrogen and oxygen atoms in total. The zero-order valence-electron chi connectivity index (χ0n) is 13.9. The maximum absolute atomic E-state index is 6.12. The van der Waals surface area contributed by atoms with Gasteiger partial charge in [0.1, 0.15) is 12.4 Å². The normalized spacial score (nSPS) is 20.9. The van der Waals surface area contributed by atoms with E-state index < -0.39 is 0 Å². The second-order valence-corrected chi connectivity index (χ2v) is 7.01. The predicted molar refractivity (Wildman–Crippen MR) is 92.6 cm³/mol. The molecule has 2 aliphatic carbocycles. The Morgan fingerprint density at radius 2 is 1.55 bits per heavy atom. The lowest BCUT2D eigenvalue weighted by Gasteiger charge is -2.25. The minimum atomic E-state index is 0.719. The molecule has 0 heterocycles. The van der Waals surface area contributed by atoms with Crippen molar-refractivity contribution in [1.82, 2.24) is 5.32 Å². The van der Waals surface area contributed by atoms with Gasteiger partial charge in [0.15, 0.2) is 0 Å². The highest BCUT2D eigenvalue weighted by Crippen LogP contribution is 2.37. The van der Waals surface area contributed by atoms with Crippen LogP contribution in [-0.2, 0) is 0 Å². The average molecular weight is 301 g/mol. The molecule has 0 unspecified atom stereocenters. The van der Waals surface area contributed by atoms with Crippen LogP contribution in [0.2, 0.25) is 0 Å². The zero-order chi connectivity index (χ0) is 15.0. The SMILES string of the molecule is c1ccc(C2CCCCC2)c(OCCNC2CCCCC2)c1. The number of hydrogen-bond acceptors (Lipinski definition) is 2. The summed E-state index contributed by atoms with van der Waals surface area (Å²) in [5.41, 5.74) is 1.44. The second-order valence-electron chi connectivity index (χ2n) is 7.01. The molecule has 2 fully saturated rings. The molecule has 0 spiro atoms. The van der Waals surface area contributed by atoms with E-state index in [9.17, 15) is 0 Å². The standard InChI is InChI=1S/C20H31NO/c1-3-9-17(10-4-1)19-13-7-8-14-20(19)22-16-15-21-18-11-5-2-6-12-18/h7-8,13-14,17-18,21H,1-6,9-12,15-16H2. The number of para-hydroxylation sites is 1. The summed E-state index contributed by atoms with van der Waals surface area (Å²) in [6.45, 7) is 1.77. The molecule has 0 atom stereocenters. The highest BCUT2D eigenvalue weighted by Gasteiger charge is 2.19. The fraction of sp³-hybridized carbons (Fsp3) is 0.700. The highest BCUT2D eigenvalue weighted by molar-refractivity contribution is 5.36. The largest absolute Gasteiger partial charge is 0.492 e. The fourth-order valence-electron chi connectivity index (χ4n) is 4.09. The van der Waals surface area contributed by atoms with Gasteiger partial charge in [-0.1, -0.05) is 56.7 Å². The van der Waals surface area contributed by atoms with Crippen LogP contribution in [0.15, 0.2) is 24.3 Å². The molecule has 0 radical (unpaired) electrons. The molecule has 1 aromatic carbocycles. The summed E-state index contributed by atoms with van der Waals surface area (Å²) in [6.07, 6.45) is 13.7. The first-order valence-corrected chi connectivity index (χ1v) is 9.38. The minimum Gasteiger partial charge on any atom is -0.492 e. The van der Waals surface area contributed by atoms with Crippen molar-refractivity contribution in [3.05, 3.63) is 29.8 Å². The topological polar surface area (TPSA) is 21.3 Å². The Hall–Kier alpha value is -1.02. The van der Waals surface area contributed by atoms with Crippen LogP contribution in [0.4, 0.5) is 0 Å². The lowest BCUT2D eigenvalue weighted by Crippen LogP contribution is -2.34. The van der Waals surface area contributed by atoms with Gasteiger partial charge < -0.3 is 10.1 Å². The predicted octanol–water partition coefficient (Wildman–Crippen LogP) is 5.04. The first-order chi connectivity index (χ1) is 10.9. The van der Waals surface area contributed by atoms with E-state index in [1.807, 2.05) is 0 Å². The summed E-state index contributed by atoms with van der Waals surface area (Å²) in [4.78, 5) is 0. The van der Waals surface area contributed by atoms with E-state index in [4.69, 9.17) is 4.74 Å². The van der Waals surface area contributed by atoms with Gasteiger partial charge in [0, 0.05) is 12.6 Å². The molecule has 2 saturated carbocycles. The van der Waals surface area contributed by atoms with Crippen molar-refractivity contribution in [3.8, 4) is 5.75 Å². The van der Waals surface area contributed by atoms with Gasteiger partial charge >= 0.3 is 0 Å². The van der Waals surface area contributed by atoms with Crippen LogP contribution in [0, 0.1) is 0 Å². The van der Waals surface area contributed by atoms with E-state index in [-0.39, 0.29) is 0 Å². The maximum atomic E-state index is 6.12. The Kier molecular flexibility index (Phi) is 6.18. The Balaban J connectivity index is 1.47. The molecular weight excluding hydrogens is 270 g/mol. The van der Waals surface area contributed by atoms with E-state index in [0.29, 0.717) is 0 Å². The molecule has 22 heavy (non-hydrogen) atoms. The molecule has 0 aliphatic heterocycles. The number of hydrogen-bond donors (Lipinski definition) is 1. The summed E-state index contributed by atoms with van der Waals surface area (Å²) in [5, 5.41) is 3.67. The zero-order valence-corrected chi connectivity index (χ0v) is 13.9. The lowest BCUT2D eigenvalue weighted by atomic mass is 9.84. The Morgan fingerprint density at radius 1 is 0.864 bits per heavy atom. The van der Waals surface area contributed by atoms with Gasteiger partial charge in [0.05, 0.1) is 0 Å². The van der Waals surface area contributed by atoms with Gasteiger partial charge in [-0.2, -0.15) is 0 Å². The molecule has 0 saturated heterocycles. The van der Waals surface area contributed by atoms with Gasteiger partial charge in [-0.05, 0) is 43.2 Å². The number of benzene rings is 1. The van der Waals surface area contributed by atoms with E-state index in [2.05, 4.69) is 29.6 Å². The minimum absolute atomic E-state index is 0.719. The number of ether oxygens (including phenoxy) is 1. The summed E-state index contributed by atoms with van der Waals surface area (Å²) in [7, 11) is 0. The Labute approximate surface area is 135 Å². The summed E-state index contributed by atoms with van der Waals surface area (Å²) >= 11 is 0. The highest BCUT2D eigenvalue weighted by atomic mass is 16.5. The van der Waals surface area contributed by atoms with Crippen molar-refractivity contribution in [2.75, 3.05) is 13.2 Å². The van der Waals surface area contributed by atoms with Crippen LogP contribution in [0.1, 0.15) is 75.7 Å². The third-order valence-corrected chi connectivity index (χ3v) is 5.36. The molecule has 122 valence electrons. The van der Waals surface area contributed by atoms with Gasteiger partial charge in [-0.25, -0.2) is 0 Å².